The molecule has 0 saturated carbocycles. The van der Waals surface area contributed by atoms with Gasteiger partial charge >= 0.3 is 0 Å². The van der Waals surface area contributed by atoms with Gasteiger partial charge in [0.1, 0.15) is 5.75 Å². The first-order chi connectivity index (χ1) is 11.2. The van der Waals surface area contributed by atoms with E-state index < -0.39 is 0 Å². The average Bonchev–Trinajstić information content (AvgIpc) is 3.02. The summed E-state index contributed by atoms with van der Waals surface area (Å²) in [6.45, 7) is 0.0829. The van der Waals surface area contributed by atoms with Gasteiger partial charge in [0.05, 0.1) is 27.2 Å². The highest BCUT2D eigenvalue weighted by molar-refractivity contribution is 6.33. The first-order valence-electron chi connectivity index (χ1n) is 6.57. The Balaban J connectivity index is 1.73. The molecule has 0 radical (unpaired) electrons. The normalized spacial score (nSPS) is 10.3. The Labute approximate surface area is 142 Å². The number of nitriles is 1. The molecule has 0 aliphatic rings. The van der Waals surface area contributed by atoms with E-state index in [0.717, 1.165) is 0 Å². The Bertz CT molecular complexity index is 887. The number of hydrogen-bond donors (Lipinski definition) is 0. The first kappa shape index (κ1) is 15.3. The monoisotopic (exact) mass is 345 g/mol. The maximum absolute atomic E-state index is 8.80. The van der Waals surface area contributed by atoms with E-state index >= 15 is 0 Å². The van der Waals surface area contributed by atoms with E-state index in [0.29, 0.717) is 38.6 Å². The van der Waals surface area contributed by atoms with E-state index in [9.17, 15) is 0 Å². The lowest BCUT2D eigenvalue weighted by Crippen LogP contribution is -1.98. The SMILES string of the molecule is N#Cc1ccc(OCc2noc(-c3ccccc3Cl)n2)c(Cl)c1. The van der Waals surface area contributed by atoms with Crippen LogP contribution in [0.2, 0.25) is 10.0 Å². The molecule has 1 heterocycles. The van der Waals surface area contributed by atoms with E-state index in [1.165, 1.54) is 6.07 Å². The molecule has 0 fully saturated rings. The molecule has 2 aromatic carbocycles. The second kappa shape index (κ2) is 6.69. The highest BCUT2D eigenvalue weighted by atomic mass is 35.5. The topological polar surface area (TPSA) is 71.9 Å². The average molecular weight is 346 g/mol. The maximum atomic E-state index is 8.80. The van der Waals surface area contributed by atoms with Crippen LogP contribution in [0.25, 0.3) is 11.5 Å². The molecule has 5 nitrogen and oxygen atoms in total. The van der Waals surface area contributed by atoms with Gasteiger partial charge in [0.25, 0.3) is 5.89 Å². The van der Waals surface area contributed by atoms with Gasteiger partial charge in [-0.3, -0.25) is 0 Å². The molecule has 0 N–H and O–H groups in total. The lowest BCUT2D eigenvalue weighted by Gasteiger charge is -2.05. The Morgan fingerprint density at radius 3 is 2.70 bits per heavy atom. The number of hydrogen-bond acceptors (Lipinski definition) is 5. The van der Waals surface area contributed by atoms with Crippen molar-refractivity contribution >= 4 is 23.2 Å². The molecule has 0 atom stereocenters. The minimum Gasteiger partial charge on any atom is -0.484 e. The van der Waals surface area contributed by atoms with Gasteiger partial charge in [-0.05, 0) is 30.3 Å². The van der Waals surface area contributed by atoms with Crippen LogP contribution in [0.4, 0.5) is 0 Å². The third-order valence-electron chi connectivity index (χ3n) is 2.99. The molecule has 0 aliphatic carbocycles. The summed E-state index contributed by atoms with van der Waals surface area (Å²) in [5.41, 5.74) is 1.12. The van der Waals surface area contributed by atoms with Gasteiger partial charge in [0, 0.05) is 0 Å². The number of benzene rings is 2. The van der Waals surface area contributed by atoms with Crippen molar-refractivity contribution in [2.75, 3.05) is 0 Å². The van der Waals surface area contributed by atoms with Crippen LogP contribution in [0.1, 0.15) is 11.4 Å². The zero-order chi connectivity index (χ0) is 16.2. The van der Waals surface area contributed by atoms with Crippen molar-refractivity contribution in [3.63, 3.8) is 0 Å². The van der Waals surface area contributed by atoms with Gasteiger partial charge < -0.3 is 9.26 Å². The van der Waals surface area contributed by atoms with Crippen LogP contribution in [-0.2, 0) is 6.61 Å². The molecule has 0 saturated heterocycles. The summed E-state index contributed by atoms with van der Waals surface area (Å²) in [7, 11) is 0. The zero-order valence-electron chi connectivity index (χ0n) is 11.7. The van der Waals surface area contributed by atoms with Crippen molar-refractivity contribution in [3.8, 4) is 23.3 Å². The van der Waals surface area contributed by atoms with Gasteiger partial charge in [-0.1, -0.05) is 40.5 Å². The van der Waals surface area contributed by atoms with Gasteiger partial charge in [-0.25, -0.2) is 0 Å². The van der Waals surface area contributed by atoms with Crippen molar-refractivity contribution in [1.29, 1.82) is 5.26 Å². The highest BCUT2D eigenvalue weighted by Gasteiger charge is 2.12. The van der Waals surface area contributed by atoms with Crippen LogP contribution < -0.4 is 4.74 Å². The molecule has 0 unspecified atom stereocenters. The lowest BCUT2D eigenvalue weighted by atomic mass is 10.2. The summed E-state index contributed by atoms with van der Waals surface area (Å²) in [4.78, 5) is 4.24. The Hall–Kier alpha value is -2.55. The first-order valence-corrected chi connectivity index (χ1v) is 7.33. The molecular formula is C16H9Cl2N3O2. The van der Waals surface area contributed by atoms with Crippen molar-refractivity contribution in [1.82, 2.24) is 10.1 Å². The standard InChI is InChI=1S/C16H9Cl2N3O2/c17-12-4-2-1-3-11(12)16-20-15(21-23-16)9-22-14-6-5-10(8-19)7-13(14)18/h1-7H,9H2. The van der Waals surface area contributed by atoms with E-state index in [1.54, 1.807) is 24.3 Å². The fourth-order valence-corrected chi connectivity index (χ4v) is 2.34. The summed E-state index contributed by atoms with van der Waals surface area (Å²) in [6.07, 6.45) is 0. The van der Waals surface area contributed by atoms with E-state index in [2.05, 4.69) is 10.1 Å². The van der Waals surface area contributed by atoms with Gasteiger partial charge in [0.2, 0.25) is 5.82 Å². The summed E-state index contributed by atoms with van der Waals surface area (Å²) in [5.74, 6) is 1.12. The number of aromatic nitrogens is 2. The summed E-state index contributed by atoms with van der Waals surface area (Å²) >= 11 is 12.1. The quantitative estimate of drug-likeness (QED) is 0.696. The van der Waals surface area contributed by atoms with E-state index in [4.69, 9.17) is 37.7 Å². The zero-order valence-corrected chi connectivity index (χ0v) is 13.2. The van der Waals surface area contributed by atoms with Crippen molar-refractivity contribution in [3.05, 3.63) is 63.9 Å². The van der Waals surface area contributed by atoms with Gasteiger partial charge in [0.15, 0.2) is 6.61 Å². The fourth-order valence-electron chi connectivity index (χ4n) is 1.89. The summed E-state index contributed by atoms with van der Waals surface area (Å²) in [6, 6.07) is 14.0. The molecule has 7 heteroatoms. The molecule has 23 heavy (non-hydrogen) atoms. The van der Waals surface area contributed by atoms with E-state index in [-0.39, 0.29) is 6.61 Å². The minimum atomic E-state index is 0.0829. The van der Waals surface area contributed by atoms with Crippen LogP contribution in [-0.4, -0.2) is 10.1 Å². The predicted octanol–water partition coefficient (Wildman–Crippen LogP) is 4.49. The molecular weight excluding hydrogens is 337 g/mol. The van der Waals surface area contributed by atoms with Gasteiger partial charge in [-0.2, -0.15) is 10.2 Å². The number of rotatable bonds is 4. The van der Waals surface area contributed by atoms with Crippen LogP contribution in [0, 0.1) is 11.3 Å². The highest BCUT2D eigenvalue weighted by Crippen LogP contribution is 2.27. The molecule has 0 bridgehead atoms. The molecule has 3 aromatic rings. The molecule has 3 rings (SSSR count). The summed E-state index contributed by atoms with van der Waals surface area (Å²) < 4.78 is 10.7. The fraction of sp³-hybridized carbons (Fsp3) is 0.0625. The second-order valence-electron chi connectivity index (χ2n) is 4.54. The van der Waals surface area contributed by atoms with Crippen molar-refractivity contribution in [2.24, 2.45) is 0 Å². The van der Waals surface area contributed by atoms with Crippen LogP contribution >= 0.6 is 23.2 Å². The molecule has 0 amide bonds. The third-order valence-corrected chi connectivity index (χ3v) is 3.62. The van der Waals surface area contributed by atoms with Crippen molar-refractivity contribution < 1.29 is 9.26 Å². The number of halogens is 2. The maximum Gasteiger partial charge on any atom is 0.259 e. The third kappa shape index (κ3) is 3.45. The summed E-state index contributed by atoms with van der Waals surface area (Å²) in [5, 5.41) is 13.5. The van der Waals surface area contributed by atoms with Crippen molar-refractivity contribution in [2.45, 2.75) is 6.61 Å². The number of ether oxygens (including phenoxy) is 1. The second-order valence-corrected chi connectivity index (χ2v) is 5.36. The predicted molar refractivity (Wildman–Crippen MR) is 85.2 cm³/mol. The minimum absolute atomic E-state index is 0.0829. The lowest BCUT2D eigenvalue weighted by molar-refractivity contribution is 0.287. The molecule has 0 spiro atoms. The molecule has 0 aliphatic heterocycles. The Morgan fingerprint density at radius 1 is 1.13 bits per heavy atom. The van der Waals surface area contributed by atoms with Crippen LogP contribution in [0.5, 0.6) is 5.75 Å². The largest absolute Gasteiger partial charge is 0.484 e. The molecule has 114 valence electrons. The Morgan fingerprint density at radius 2 is 1.96 bits per heavy atom. The number of nitrogens with zero attached hydrogens (tertiary/aromatic N) is 3. The smallest absolute Gasteiger partial charge is 0.259 e. The van der Waals surface area contributed by atoms with Gasteiger partial charge in [-0.15, -0.1) is 0 Å². The van der Waals surface area contributed by atoms with Crippen LogP contribution in [0.3, 0.4) is 0 Å². The molecule has 1 aromatic heterocycles. The van der Waals surface area contributed by atoms with Crippen LogP contribution in [0.15, 0.2) is 47.0 Å². The Kier molecular flexibility index (Phi) is 4.47. The van der Waals surface area contributed by atoms with E-state index in [1.807, 2.05) is 18.2 Å².